The summed E-state index contributed by atoms with van der Waals surface area (Å²) in [6, 6.07) is 0. The Morgan fingerprint density at radius 3 is 2.64 bits per heavy atom. The first kappa shape index (κ1) is 15.2. The molecule has 1 N–H and O–H groups in total. The molecule has 0 unspecified atom stereocenters. The Bertz CT molecular complexity index is 606. The molecule has 2 aromatic heterocycles. The zero-order chi connectivity index (χ0) is 15.7. The summed E-state index contributed by atoms with van der Waals surface area (Å²) in [5.41, 5.74) is 2.18. The molecule has 6 nitrogen and oxygen atoms in total. The van der Waals surface area contributed by atoms with Crippen LogP contribution >= 0.6 is 0 Å². The smallest absolute Gasteiger partial charge is 0.138 e. The van der Waals surface area contributed by atoms with Gasteiger partial charge in [0.15, 0.2) is 0 Å². The van der Waals surface area contributed by atoms with Crippen LogP contribution in [0, 0.1) is 19.8 Å². The number of aliphatic hydroxyl groups excluding tert-OH is 1. The molecule has 22 heavy (non-hydrogen) atoms. The number of hydrogen-bond acceptors (Lipinski definition) is 5. The lowest BCUT2D eigenvalue weighted by Gasteiger charge is -2.33. The minimum absolute atomic E-state index is 0.280. The van der Waals surface area contributed by atoms with Gasteiger partial charge in [0.05, 0.1) is 5.69 Å². The van der Waals surface area contributed by atoms with E-state index in [-0.39, 0.29) is 5.92 Å². The third kappa shape index (κ3) is 2.94. The van der Waals surface area contributed by atoms with Gasteiger partial charge in [-0.2, -0.15) is 0 Å². The van der Waals surface area contributed by atoms with Crippen LogP contribution in [0.1, 0.15) is 41.8 Å². The maximum atomic E-state index is 10.5. The van der Waals surface area contributed by atoms with Crippen LogP contribution in [0.15, 0.2) is 16.9 Å². The van der Waals surface area contributed by atoms with Crippen LogP contribution < -0.4 is 0 Å². The zero-order valence-electron chi connectivity index (χ0n) is 13.5. The van der Waals surface area contributed by atoms with Crippen molar-refractivity contribution in [3.05, 3.63) is 35.2 Å². The highest BCUT2D eigenvalue weighted by atomic mass is 16.5. The zero-order valence-corrected chi connectivity index (χ0v) is 13.5. The molecule has 1 saturated heterocycles. The van der Waals surface area contributed by atoms with E-state index in [1.165, 1.54) is 5.56 Å². The molecule has 0 spiro atoms. The molecule has 0 aliphatic carbocycles. The third-order valence-electron chi connectivity index (χ3n) is 4.76. The topological polar surface area (TPSA) is 67.3 Å². The van der Waals surface area contributed by atoms with E-state index >= 15 is 0 Å². The van der Waals surface area contributed by atoms with E-state index in [1.54, 1.807) is 6.20 Å². The first-order chi connectivity index (χ1) is 10.6. The second-order valence-electron chi connectivity index (χ2n) is 6.26. The predicted molar refractivity (Wildman–Crippen MR) is 82.1 cm³/mol. The Labute approximate surface area is 130 Å². The van der Waals surface area contributed by atoms with Crippen LogP contribution in [0.25, 0.3) is 0 Å². The van der Waals surface area contributed by atoms with Gasteiger partial charge in [0.25, 0.3) is 0 Å². The van der Waals surface area contributed by atoms with Crippen molar-refractivity contribution < 1.29 is 9.63 Å². The van der Waals surface area contributed by atoms with Crippen molar-refractivity contribution in [2.45, 2.75) is 39.3 Å². The van der Waals surface area contributed by atoms with E-state index in [2.05, 4.69) is 15.0 Å². The Morgan fingerprint density at radius 2 is 2.09 bits per heavy atom. The summed E-state index contributed by atoms with van der Waals surface area (Å²) in [5.74, 6) is 1.96. The van der Waals surface area contributed by atoms with E-state index in [0.717, 1.165) is 49.8 Å². The van der Waals surface area contributed by atoms with Crippen molar-refractivity contribution in [2.75, 3.05) is 13.1 Å². The predicted octanol–water partition coefficient (Wildman–Crippen LogP) is 1.97. The van der Waals surface area contributed by atoms with Gasteiger partial charge in [-0.05, 0) is 45.7 Å². The van der Waals surface area contributed by atoms with Crippen LogP contribution in [0.3, 0.4) is 0 Å². The number of nitrogens with zero attached hydrogens (tertiary/aromatic N) is 4. The fourth-order valence-electron chi connectivity index (χ4n) is 3.25. The summed E-state index contributed by atoms with van der Waals surface area (Å²) in [6.45, 7) is 6.80. The second kappa shape index (κ2) is 6.22. The summed E-state index contributed by atoms with van der Waals surface area (Å²) in [7, 11) is 1.93. The average molecular weight is 304 g/mol. The lowest BCUT2D eigenvalue weighted by molar-refractivity contribution is 0.0490. The Hall–Kier alpha value is -1.66. The van der Waals surface area contributed by atoms with Crippen molar-refractivity contribution in [2.24, 2.45) is 13.0 Å². The molecule has 0 saturated carbocycles. The molecular formula is C16H24N4O2. The Morgan fingerprint density at radius 1 is 1.36 bits per heavy atom. The summed E-state index contributed by atoms with van der Waals surface area (Å²) in [4.78, 5) is 6.68. The number of imidazole rings is 1. The van der Waals surface area contributed by atoms with E-state index < -0.39 is 6.10 Å². The van der Waals surface area contributed by atoms with Gasteiger partial charge in [-0.25, -0.2) is 4.98 Å². The minimum Gasteiger partial charge on any atom is -0.385 e. The van der Waals surface area contributed by atoms with Gasteiger partial charge in [-0.15, -0.1) is 0 Å². The molecule has 1 atom stereocenters. The van der Waals surface area contributed by atoms with Gasteiger partial charge in [0, 0.05) is 31.5 Å². The largest absolute Gasteiger partial charge is 0.385 e. The van der Waals surface area contributed by atoms with Gasteiger partial charge < -0.3 is 14.2 Å². The van der Waals surface area contributed by atoms with E-state index in [4.69, 9.17) is 4.52 Å². The molecule has 0 aromatic carbocycles. The SMILES string of the molecule is Cc1noc(C)c1CN1CCC([C@H](O)c2nccn2C)CC1. The lowest BCUT2D eigenvalue weighted by atomic mass is 9.90. The molecule has 1 fully saturated rings. The fraction of sp³-hybridized carbons (Fsp3) is 0.625. The van der Waals surface area contributed by atoms with Crippen LogP contribution in [0.4, 0.5) is 0 Å². The van der Waals surface area contributed by atoms with Crippen LogP contribution in [0.5, 0.6) is 0 Å². The van der Waals surface area contributed by atoms with E-state index in [0.29, 0.717) is 0 Å². The van der Waals surface area contributed by atoms with Crippen LogP contribution in [0.2, 0.25) is 0 Å². The number of rotatable bonds is 4. The first-order valence-corrected chi connectivity index (χ1v) is 7.85. The van der Waals surface area contributed by atoms with Crippen LogP contribution in [-0.4, -0.2) is 37.8 Å². The fourth-order valence-corrected chi connectivity index (χ4v) is 3.25. The normalized spacial score (nSPS) is 18.7. The van der Waals surface area contributed by atoms with Gasteiger partial charge in [0.1, 0.15) is 17.7 Å². The molecule has 1 aliphatic rings. The number of likely N-dealkylation sites (tertiary alicyclic amines) is 1. The summed E-state index contributed by atoms with van der Waals surface area (Å²) in [5, 5.41) is 14.5. The van der Waals surface area contributed by atoms with Gasteiger partial charge >= 0.3 is 0 Å². The van der Waals surface area contributed by atoms with E-state index in [9.17, 15) is 5.11 Å². The summed E-state index contributed by atoms with van der Waals surface area (Å²) < 4.78 is 7.13. The third-order valence-corrected chi connectivity index (χ3v) is 4.76. The van der Waals surface area contributed by atoms with Crippen molar-refractivity contribution in [1.82, 2.24) is 19.6 Å². The molecule has 120 valence electrons. The Kier molecular flexibility index (Phi) is 4.31. The molecule has 0 radical (unpaired) electrons. The highest BCUT2D eigenvalue weighted by Gasteiger charge is 2.29. The maximum Gasteiger partial charge on any atom is 0.138 e. The second-order valence-corrected chi connectivity index (χ2v) is 6.26. The molecular weight excluding hydrogens is 280 g/mol. The molecule has 1 aliphatic heterocycles. The highest BCUT2D eigenvalue weighted by molar-refractivity contribution is 5.20. The van der Waals surface area contributed by atoms with Crippen LogP contribution in [-0.2, 0) is 13.6 Å². The monoisotopic (exact) mass is 304 g/mol. The van der Waals surface area contributed by atoms with E-state index in [1.807, 2.05) is 31.7 Å². The Balaban J connectivity index is 1.58. The first-order valence-electron chi connectivity index (χ1n) is 7.85. The maximum absolute atomic E-state index is 10.5. The molecule has 2 aromatic rings. The molecule has 3 rings (SSSR count). The molecule has 3 heterocycles. The molecule has 0 bridgehead atoms. The van der Waals surface area contributed by atoms with Crippen molar-refractivity contribution in [3.63, 3.8) is 0 Å². The van der Waals surface area contributed by atoms with Gasteiger partial charge in [-0.1, -0.05) is 5.16 Å². The number of aryl methyl sites for hydroxylation is 3. The van der Waals surface area contributed by atoms with Crippen molar-refractivity contribution in [3.8, 4) is 0 Å². The number of aromatic nitrogens is 3. The standard InChI is InChI=1S/C16H24N4O2/c1-11-14(12(2)22-18-11)10-20-7-4-13(5-8-20)15(21)16-17-6-9-19(16)3/h6,9,13,15,21H,4-5,7-8,10H2,1-3H3/t15-/m0/s1. The number of piperidine rings is 1. The lowest BCUT2D eigenvalue weighted by Crippen LogP contribution is -2.35. The summed E-state index contributed by atoms with van der Waals surface area (Å²) in [6.07, 6.45) is 5.12. The van der Waals surface area contributed by atoms with Crippen molar-refractivity contribution in [1.29, 1.82) is 0 Å². The highest BCUT2D eigenvalue weighted by Crippen LogP contribution is 2.30. The quantitative estimate of drug-likeness (QED) is 0.935. The minimum atomic E-state index is -0.471. The van der Waals surface area contributed by atoms with Crippen molar-refractivity contribution >= 4 is 0 Å². The average Bonchev–Trinajstić information content (AvgIpc) is 3.08. The summed E-state index contributed by atoms with van der Waals surface area (Å²) >= 11 is 0. The molecule has 6 heteroatoms. The number of hydrogen-bond donors (Lipinski definition) is 1. The molecule has 0 amide bonds. The van der Waals surface area contributed by atoms with Gasteiger partial charge in [0.2, 0.25) is 0 Å². The number of aliphatic hydroxyl groups is 1. The van der Waals surface area contributed by atoms with Gasteiger partial charge in [-0.3, -0.25) is 4.90 Å².